The van der Waals surface area contributed by atoms with E-state index in [1.54, 1.807) is 0 Å². The molecule has 0 heterocycles. The third-order valence-corrected chi connectivity index (χ3v) is 3.38. The molecule has 3 N–H and O–H groups in total. The van der Waals surface area contributed by atoms with Gasteiger partial charge in [-0.25, -0.2) is 5.14 Å². The Hall–Kier alpha value is -0.130. The Morgan fingerprint density at radius 3 is 2.38 bits per heavy atom. The molecule has 0 saturated heterocycles. The van der Waals surface area contributed by atoms with Gasteiger partial charge in [0.1, 0.15) is 0 Å². The lowest BCUT2D eigenvalue weighted by Gasteiger charge is -2.32. The minimum Gasteiger partial charge on any atom is -0.216 e. The zero-order chi connectivity index (χ0) is 10.1. The second-order valence-electron chi connectivity index (χ2n) is 4.16. The molecule has 13 heavy (non-hydrogen) atoms. The first-order valence-electron chi connectivity index (χ1n) is 4.68. The van der Waals surface area contributed by atoms with E-state index in [1.165, 1.54) is 0 Å². The monoisotopic (exact) mass is 206 g/mol. The molecule has 0 aromatic heterocycles. The van der Waals surface area contributed by atoms with Crippen molar-refractivity contribution in [3.8, 4) is 0 Å². The Labute approximate surface area is 80.1 Å². The Balaban J connectivity index is 2.52. The van der Waals surface area contributed by atoms with Gasteiger partial charge in [-0.15, -0.1) is 0 Å². The highest BCUT2D eigenvalue weighted by Crippen LogP contribution is 2.28. The number of hydrogen-bond donors (Lipinski definition) is 2. The van der Waals surface area contributed by atoms with E-state index in [1.807, 2.05) is 0 Å². The van der Waals surface area contributed by atoms with Crippen LogP contribution in [0.2, 0.25) is 0 Å². The van der Waals surface area contributed by atoms with Crippen LogP contribution in [0.3, 0.4) is 0 Å². The number of rotatable bonds is 2. The third kappa shape index (κ3) is 3.62. The zero-order valence-corrected chi connectivity index (χ0v) is 8.97. The molecule has 5 heteroatoms. The van der Waals surface area contributed by atoms with Gasteiger partial charge in [-0.2, -0.15) is 13.1 Å². The topological polar surface area (TPSA) is 72.2 Å². The lowest BCUT2D eigenvalue weighted by atomic mass is 9.80. The highest BCUT2D eigenvalue weighted by atomic mass is 32.2. The summed E-state index contributed by atoms with van der Waals surface area (Å²) in [5.41, 5.74) is 0. The molecule has 0 bridgehead atoms. The maximum Gasteiger partial charge on any atom is 0.274 e. The fraction of sp³-hybridized carbons (Fsp3) is 1.00. The lowest BCUT2D eigenvalue weighted by Crippen LogP contribution is -2.45. The van der Waals surface area contributed by atoms with Crippen LogP contribution in [0.4, 0.5) is 0 Å². The summed E-state index contributed by atoms with van der Waals surface area (Å²) in [4.78, 5) is 0. The van der Waals surface area contributed by atoms with Gasteiger partial charge in [0.05, 0.1) is 0 Å². The molecule has 1 rings (SSSR count). The summed E-state index contributed by atoms with van der Waals surface area (Å²) in [5.74, 6) is 1.09. The molecule has 78 valence electrons. The van der Waals surface area contributed by atoms with Crippen molar-refractivity contribution in [2.75, 3.05) is 0 Å². The highest BCUT2D eigenvalue weighted by Gasteiger charge is 2.27. The summed E-state index contributed by atoms with van der Waals surface area (Å²) in [5, 5.41) is 4.92. The van der Waals surface area contributed by atoms with Crippen molar-refractivity contribution in [1.82, 2.24) is 4.72 Å². The van der Waals surface area contributed by atoms with E-state index >= 15 is 0 Å². The first kappa shape index (κ1) is 10.9. The molecule has 3 atom stereocenters. The van der Waals surface area contributed by atoms with Crippen molar-refractivity contribution in [2.24, 2.45) is 17.0 Å². The Morgan fingerprint density at radius 2 is 1.92 bits per heavy atom. The van der Waals surface area contributed by atoms with Crippen LogP contribution in [-0.4, -0.2) is 14.5 Å². The standard InChI is InChI=1S/C8H18N2O2S/c1-6-3-4-8(7(2)5-6)10-13(9,11)12/h6-8,10H,3-5H2,1-2H3,(H2,9,11,12). The Kier molecular flexibility index (Phi) is 3.32. The second kappa shape index (κ2) is 3.94. The largest absolute Gasteiger partial charge is 0.274 e. The SMILES string of the molecule is CC1CCC(NS(N)(=O)=O)C(C)C1. The van der Waals surface area contributed by atoms with Gasteiger partial charge in [0.15, 0.2) is 0 Å². The van der Waals surface area contributed by atoms with E-state index in [0.29, 0.717) is 11.8 Å². The quantitative estimate of drug-likeness (QED) is 0.694. The van der Waals surface area contributed by atoms with E-state index < -0.39 is 10.2 Å². The summed E-state index contributed by atoms with van der Waals surface area (Å²) in [6.07, 6.45) is 3.06. The smallest absolute Gasteiger partial charge is 0.216 e. The third-order valence-electron chi connectivity index (χ3n) is 2.75. The molecule has 3 unspecified atom stereocenters. The van der Waals surface area contributed by atoms with E-state index in [4.69, 9.17) is 5.14 Å². The Morgan fingerprint density at radius 1 is 1.31 bits per heavy atom. The molecule has 0 aliphatic heterocycles. The summed E-state index contributed by atoms with van der Waals surface area (Å²) in [7, 11) is -3.52. The first-order chi connectivity index (χ1) is 5.88. The molecule has 0 spiro atoms. The fourth-order valence-corrected chi connectivity index (χ4v) is 2.82. The molecule has 0 aromatic rings. The molecule has 1 fully saturated rings. The molecule has 0 radical (unpaired) electrons. The second-order valence-corrected chi connectivity index (χ2v) is 5.49. The van der Waals surface area contributed by atoms with Crippen molar-refractivity contribution in [3.63, 3.8) is 0 Å². The fourth-order valence-electron chi connectivity index (χ4n) is 2.05. The lowest BCUT2D eigenvalue weighted by molar-refractivity contribution is 0.249. The van der Waals surface area contributed by atoms with Crippen molar-refractivity contribution in [2.45, 2.75) is 39.2 Å². The molecular formula is C8H18N2O2S. The van der Waals surface area contributed by atoms with Crippen molar-refractivity contribution >= 4 is 10.2 Å². The average molecular weight is 206 g/mol. The van der Waals surface area contributed by atoms with Gasteiger partial charge in [-0.1, -0.05) is 13.8 Å². The zero-order valence-electron chi connectivity index (χ0n) is 8.16. The number of nitrogens with two attached hydrogens (primary N) is 1. The van der Waals surface area contributed by atoms with Gasteiger partial charge in [0, 0.05) is 6.04 Å². The van der Waals surface area contributed by atoms with E-state index in [9.17, 15) is 8.42 Å². The van der Waals surface area contributed by atoms with E-state index in [-0.39, 0.29) is 6.04 Å². The molecule has 1 saturated carbocycles. The molecule has 0 amide bonds. The minimum atomic E-state index is -3.52. The predicted octanol–water partition coefficient (Wildman–Crippen LogP) is 0.604. The summed E-state index contributed by atoms with van der Waals surface area (Å²) in [6.45, 7) is 4.27. The van der Waals surface area contributed by atoms with Gasteiger partial charge in [0.2, 0.25) is 0 Å². The van der Waals surface area contributed by atoms with Crippen LogP contribution in [0.25, 0.3) is 0 Å². The van der Waals surface area contributed by atoms with Crippen LogP contribution in [-0.2, 0) is 10.2 Å². The van der Waals surface area contributed by atoms with Gasteiger partial charge >= 0.3 is 0 Å². The van der Waals surface area contributed by atoms with Gasteiger partial charge in [0.25, 0.3) is 10.2 Å². The van der Waals surface area contributed by atoms with Gasteiger partial charge < -0.3 is 0 Å². The normalized spacial score (nSPS) is 36.1. The van der Waals surface area contributed by atoms with Crippen LogP contribution < -0.4 is 9.86 Å². The molecule has 1 aliphatic rings. The molecule has 4 nitrogen and oxygen atoms in total. The van der Waals surface area contributed by atoms with Crippen LogP contribution in [0.5, 0.6) is 0 Å². The summed E-state index contributed by atoms with van der Waals surface area (Å²) < 4.78 is 24.1. The Bertz CT molecular complexity index is 263. The van der Waals surface area contributed by atoms with Crippen molar-refractivity contribution in [3.05, 3.63) is 0 Å². The van der Waals surface area contributed by atoms with Crippen molar-refractivity contribution in [1.29, 1.82) is 0 Å². The average Bonchev–Trinajstić information content (AvgIpc) is 1.93. The molecule has 1 aliphatic carbocycles. The van der Waals surface area contributed by atoms with Gasteiger partial charge in [-0.3, -0.25) is 0 Å². The molecular weight excluding hydrogens is 188 g/mol. The highest BCUT2D eigenvalue weighted by molar-refractivity contribution is 7.87. The maximum atomic E-state index is 10.8. The first-order valence-corrected chi connectivity index (χ1v) is 6.23. The van der Waals surface area contributed by atoms with Gasteiger partial charge in [-0.05, 0) is 31.1 Å². The van der Waals surface area contributed by atoms with E-state index in [0.717, 1.165) is 19.3 Å². The maximum absolute atomic E-state index is 10.8. The minimum absolute atomic E-state index is 0.0335. The van der Waals surface area contributed by atoms with Crippen LogP contribution in [0.1, 0.15) is 33.1 Å². The summed E-state index contributed by atoms with van der Waals surface area (Å²) in [6, 6.07) is 0.0335. The van der Waals surface area contributed by atoms with Crippen LogP contribution in [0, 0.1) is 11.8 Å². The van der Waals surface area contributed by atoms with Crippen LogP contribution >= 0.6 is 0 Å². The summed E-state index contributed by atoms with van der Waals surface area (Å²) >= 11 is 0. The van der Waals surface area contributed by atoms with Crippen LogP contribution in [0.15, 0.2) is 0 Å². The number of nitrogens with one attached hydrogen (secondary N) is 1. The number of hydrogen-bond acceptors (Lipinski definition) is 2. The predicted molar refractivity (Wildman–Crippen MR) is 52.2 cm³/mol. The van der Waals surface area contributed by atoms with Crippen molar-refractivity contribution < 1.29 is 8.42 Å². The van der Waals surface area contributed by atoms with E-state index in [2.05, 4.69) is 18.6 Å². The molecule has 0 aromatic carbocycles.